The Labute approximate surface area is 116 Å². The van der Waals surface area contributed by atoms with Gasteiger partial charge < -0.3 is 14.6 Å². The average molecular weight is 266 g/mol. The minimum atomic E-state index is 0.736. The lowest BCUT2D eigenvalue weighted by Crippen LogP contribution is -2.47. The zero-order valence-electron chi connectivity index (χ0n) is 12.4. The van der Waals surface area contributed by atoms with E-state index < -0.39 is 0 Å². The van der Waals surface area contributed by atoms with Crippen LogP contribution in [0.5, 0.6) is 0 Å². The van der Waals surface area contributed by atoms with Crippen LogP contribution in [0.2, 0.25) is 0 Å². The van der Waals surface area contributed by atoms with E-state index in [-0.39, 0.29) is 0 Å². The summed E-state index contributed by atoms with van der Waals surface area (Å²) in [6.45, 7) is 13.8. The Morgan fingerprint density at radius 2 is 2.05 bits per heavy atom. The zero-order chi connectivity index (χ0) is 13.7. The third-order valence-corrected chi connectivity index (χ3v) is 3.36. The number of oxazole rings is 1. The Hall–Kier alpha value is -1.07. The highest BCUT2D eigenvalue weighted by atomic mass is 16.4. The Kier molecular flexibility index (Phi) is 5.22. The van der Waals surface area contributed by atoms with Crippen LogP contribution >= 0.6 is 0 Å². The van der Waals surface area contributed by atoms with Crippen LogP contribution < -0.4 is 10.2 Å². The molecule has 19 heavy (non-hydrogen) atoms. The van der Waals surface area contributed by atoms with Crippen molar-refractivity contribution in [3.05, 3.63) is 12.0 Å². The van der Waals surface area contributed by atoms with Gasteiger partial charge in [0.05, 0.1) is 5.69 Å². The van der Waals surface area contributed by atoms with Crippen molar-refractivity contribution >= 4 is 6.01 Å². The molecular weight excluding hydrogens is 240 g/mol. The molecule has 1 fully saturated rings. The number of aromatic nitrogens is 1. The van der Waals surface area contributed by atoms with E-state index in [4.69, 9.17) is 4.42 Å². The van der Waals surface area contributed by atoms with E-state index in [0.29, 0.717) is 0 Å². The molecule has 108 valence electrons. The highest BCUT2D eigenvalue weighted by Crippen LogP contribution is 2.16. The van der Waals surface area contributed by atoms with Gasteiger partial charge in [0.25, 0.3) is 6.01 Å². The van der Waals surface area contributed by atoms with Crippen molar-refractivity contribution in [1.29, 1.82) is 0 Å². The lowest BCUT2D eigenvalue weighted by molar-refractivity contribution is 0.227. The van der Waals surface area contributed by atoms with Crippen LogP contribution in [0.4, 0.5) is 6.01 Å². The van der Waals surface area contributed by atoms with E-state index in [1.807, 2.05) is 0 Å². The fourth-order valence-electron chi connectivity index (χ4n) is 2.41. The minimum Gasteiger partial charge on any atom is -0.432 e. The summed E-state index contributed by atoms with van der Waals surface area (Å²) in [5.41, 5.74) is 0.987. The lowest BCUT2D eigenvalue weighted by atomic mass is 10.2. The molecule has 1 aliphatic rings. The third kappa shape index (κ3) is 4.21. The summed E-state index contributed by atoms with van der Waals surface area (Å²) < 4.78 is 5.57. The van der Waals surface area contributed by atoms with E-state index in [2.05, 4.69) is 40.9 Å². The molecule has 0 unspecified atom stereocenters. The predicted molar refractivity (Wildman–Crippen MR) is 77.4 cm³/mol. The molecule has 0 aliphatic carbocycles. The van der Waals surface area contributed by atoms with Gasteiger partial charge in [0.2, 0.25) is 0 Å². The van der Waals surface area contributed by atoms with Crippen molar-refractivity contribution in [2.24, 2.45) is 5.92 Å². The standard InChI is InChI=1S/C14H26N4O/c1-4-15-9-13-11-19-14(16-13)18-7-5-17(6-8-18)10-12(2)3/h11-12,15H,4-10H2,1-3H3. The molecule has 0 radical (unpaired) electrons. The quantitative estimate of drug-likeness (QED) is 0.846. The largest absolute Gasteiger partial charge is 0.432 e. The molecule has 5 heteroatoms. The summed E-state index contributed by atoms with van der Waals surface area (Å²) in [7, 11) is 0. The fraction of sp³-hybridized carbons (Fsp3) is 0.786. The van der Waals surface area contributed by atoms with Gasteiger partial charge >= 0.3 is 0 Å². The molecule has 1 N–H and O–H groups in total. The molecule has 1 saturated heterocycles. The minimum absolute atomic E-state index is 0.736. The first-order chi connectivity index (χ1) is 9.19. The maximum atomic E-state index is 5.57. The Bertz CT molecular complexity index is 369. The first-order valence-electron chi connectivity index (χ1n) is 7.31. The summed E-state index contributed by atoms with van der Waals surface area (Å²) >= 11 is 0. The van der Waals surface area contributed by atoms with Gasteiger partial charge in [0, 0.05) is 39.3 Å². The molecular formula is C14H26N4O. The second kappa shape index (κ2) is 6.91. The molecule has 2 rings (SSSR count). The molecule has 0 bridgehead atoms. The molecule has 1 aromatic heterocycles. The number of hydrogen-bond donors (Lipinski definition) is 1. The van der Waals surface area contributed by atoms with Gasteiger partial charge in [0.15, 0.2) is 0 Å². The van der Waals surface area contributed by atoms with Gasteiger partial charge in [-0.1, -0.05) is 20.8 Å². The van der Waals surface area contributed by atoms with Crippen molar-refractivity contribution in [3.8, 4) is 0 Å². The van der Waals surface area contributed by atoms with Crippen molar-refractivity contribution in [3.63, 3.8) is 0 Å². The molecule has 0 aromatic carbocycles. The fourth-order valence-corrected chi connectivity index (χ4v) is 2.41. The van der Waals surface area contributed by atoms with Crippen LogP contribution in [0.1, 0.15) is 26.5 Å². The second-order valence-corrected chi connectivity index (χ2v) is 5.58. The number of hydrogen-bond acceptors (Lipinski definition) is 5. The van der Waals surface area contributed by atoms with E-state index in [9.17, 15) is 0 Å². The number of rotatable bonds is 6. The first-order valence-corrected chi connectivity index (χ1v) is 7.31. The van der Waals surface area contributed by atoms with E-state index in [1.165, 1.54) is 6.54 Å². The molecule has 0 atom stereocenters. The van der Waals surface area contributed by atoms with Gasteiger partial charge in [-0.2, -0.15) is 4.98 Å². The maximum Gasteiger partial charge on any atom is 0.297 e. The Balaban J connectivity index is 1.82. The highest BCUT2D eigenvalue weighted by molar-refractivity contribution is 5.27. The summed E-state index contributed by atoms with van der Waals surface area (Å²) in [5.74, 6) is 0.736. The molecule has 1 aliphatic heterocycles. The van der Waals surface area contributed by atoms with Gasteiger partial charge in [-0.05, 0) is 12.5 Å². The van der Waals surface area contributed by atoms with Crippen molar-refractivity contribution in [1.82, 2.24) is 15.2 Å². The van der Waals surface area contributed by atoms with E-state index >= 15 is 0 Å². The second-order valence-electron chi connectivity index (χ2n) is 5.58. The molecule has 0 amide bonds. The van der Waals surface area contributed by atoms with Gasteiger partial charge in [0.1, 0.15) is 6.26 Å². The van der Waals surface area contributed by atoms with E-state index in [1.54, 1.807) is 6.26 Å². The smallest absolute Gasteiger partial charge is 0.297 e. The number of anilines is 1. The van der Waals surface area contributed by atoms with Crippen molar-refractivity contribution < 1.29 is 4.42 Å². The van der Waals surface area contributed by atoms with Crippen molar-refractivity contribution in [2.45, 2.75) is 27.3 Å². The lowest BCUT2D eigenvalue weighted by Gasteiger charge is -2.34. The molecule has 2 heterocycles. The molecule has 0 saturated carbocycles. The van der Waals surface area contributed by atoms with Crippen LogP contribution in [0, 0.1) is 5.92 Å². The zero-order valence-corrected chi connectivity index (χ0v) is 12.4. The normalized spacial score (nSPS) is 17.4. The summed E-state index contributed by atoms with van der Waals surface area (Å²) in [5, 5.41) is 3.26. The van der Waals surface area contributed by atoms with Crippen LogP contribution in [-0.4, -0.2) is 49.2 Å². The topological polar surface area (TPSA) is 44.5 Å². The first kappa shape index (κ1) is 14.3. The van der Waals surface area contributed by atoms with Gasteiger partial charge in [-0.15, -0.1) is 0 Å². The number of nitrogens with one attached hydrogen (secondary N) is 1. The SMILES string of the molecule is CCNCc1coc(N2CCN(CC(C)C)CC2)n1. The van der Waals surface area contributed by atoms with Gasteiger partial charge in [-0.25, -0.2) is 0 Å². The number of nitrogens with zero attached hydrogens (tertiary/aromatic N) is 3. The summed E-state index contributed by atoms with van der Waals surface area (Å²) in [6.07, 6.45) is 1.76. The Morgan fingerprint density at radius 3 is 2.68 bits per heavy atom. The highest BCUT2D eigenvalue weighted by Gasteiger charge is 2.20. The molecule has 1 aromatic rings. The summed E-state index contributed by atoms with van der Waals surface area (Å²) in [6, 6.07) is 0.775. The van der Waals surface area contributed by atoms with Crippen molar-refractivity contribution in [2.75, 3.05) is 44.2 Å². The monoisotopic (exact) mass is 266 g/mol. The molecule has 0 spiro atoms. The van der Waals surface area contributed by atoms with Gasteiger partial charge in [-0.3, -0.25) is 4.90 Å². The average Bonchev–Trinajstić information content (AvgIpc) is 2.85. The Morgan fingerprint density at radius 1 is 1.32 bits per heavy atom. The summed E-state index contributed by atoms with van der Waals surface area (Å²) in [4.78, 5) is 9.30. The van der Waals surface area contributed by atoms with Crippen LogP contribution in [-0.2, 0) is 6.54 Å². The third-order valence-electron chi connectivity index (χ3n) is 3.36. The van der Waals surface area contributed by atoms with Crippen LogP contribution in [0.25, 0.3) is 0 Å². The van der Waals surface area contributed by atoms with Crippen LogP contribution in [0.3, 0.4) is 0 Å². The molecule has 5 nitrogen and oxygen atoms in total. The predicted octanol–water partition coefficient (Wildman–Crippen LogP) is 1.56. The maximum absolute atomic E-state index is 5.57. The van der Waals surface area contributed by atoms with E-state index in [0.717, 1.165) is 56.9 Å². The van der Waals surface area contributed by atoms with Crippen LogP contribution in [0.15, 0.2) is 10.7 Å². The number of piperazine rings is 1.